The molecule has 2 aromatic heterocycles. The number of hydrogen-bond donors (Lipinski definition) is 1. The van der Waals surface area contributed by atoms with Gasteiger partial charge in [-0.15, -0.1) is 0 Å². The van der Waals surface area contributed by atoms with E-state index in [9.17, 15) is 4.79 Å². The first-order valence-corrected chi connectivity index (χ1v) is 8.32. The number of hydrogen-bond acceptors (Lipinski definition) is 5. The van der Waals surface area contributed by atoms with Crippen LogP contribution in [0.3, 0.4) is 0 Å². The summed E-state index contributed by atoms with van der Waals surface area (Å²) in [5.41, 5.74) is 0.622. The Hall–Kier alpha value is -1.89. The van der Waals surface area contributed by atoms with Crippen LogP contribution in [0.4, 0.5) is 0 Å². The molecule has 1 fully saturated rings. The number of aromatic nitrogens is 4. The van der Waals surface area contributed by atoms with Crippen LogP contribution in [0.1, 0.15) is 36.0 Å². The first-order valence-electron chi connectivity index (χ1n) is 7.44. The maximum atomic E-state index is 12.1. The molecule has 2 heterocycles. The predicted octanol–water partition coefficient (Wildman–Crippen LogP) is 2.04. The van der Waals surface area contributed by atoms with E-state index in [-0.39, 0.29) is 11.9 Å². The number of nitrogens with zero attached hydrogens (tertiary/aromatic N) is 4. The van der Waals surface area contributed by atoms with E-state index in [0.29, 0.717) is 10.8 Å². The largest absolute Gasteiger partial charge is 0.349 e. The summed E-state index contributed by atoms with van der Waals surface area (Å²) in [5, 5.41) is 8.50. The Morgan fingerprint density at radius 1 is 1.27 bits per heavy atom. The molecule has 0 spiro atoms. The third kappa shape index (κ3) is 3.85. The molecule has 0 aliphatic heterocycles. The maximum Gasteiger partial charge on any atom is 0.254 e. The van der Waals surface area contributed by atoms with Gasteiger partial charge in [-0.1, -0.05) is 11.8 Å². The van der Waals surface area contributed by atoms with E-state index in [1.165, 1.54) is 0 Å². The van der Waals surface area contributed by atoms with Gasteiger partial charge in [0.05, 0.1) is 11.8 Å². The highest BCUT2D eigenvalue weighted by Crippen LogP contribution is 2.31. The molecule has 1 saturated carbocycles. The van der Waals surface area contributed by atoms with E-state index < -0.39 is 0 Å². The van der Waals surface area contributed by atoms with Crippen molar-refractivity contribution in [3.05, 3.63) is 36.4 Å². The molecule has 1 aliphatic carbocycles. The number of thioether (sulfide) groups is 1. The zero-order valence-corrected chi connectivity index (χ0v) is 13.3. The van der Waals surface area contributed by atoms with Crippen LogP contribution >= 0.6 is 11.8 Å². The van der Waals surface area contributed by atoms with Gasteiger partial charge in [-0.05, 0) is 31.7 Å². The van der Waals surface area contributed by atoms with Crippen molar-refractivity contribution in [2.45, 2.75) is 42.1 Å². The Bertz CT molecular complexity index is 622. The highest BCUT2D eigenvalue weighted by Gasteiger charge is 2.24. The first kappa shape index (κ1) is 15.0. The van der Waals surface area contributed by atoms with Gasteiger partial charge in [0.1, 0.15) is 0 Å². The Labute approximate surface area is 133 Å². The van der Waals surface area contributed by atoms with Crippen molar-refractivity contribution in [2.24, 2.45) is 7.05 Å². The van der Waals surface area contributed by atoms with Crippen LogP contribution in [0, 0.1) is 0 Å². The van der Waals surface area contributed by atoms with Crippen molar-refractivity contribution < 1.29 is 4.79 Å². The molecule has 22 heavy (non-hydrogen) atoms. The van der Waals surface area contributed by atoms with E-state index >= 15 is 0 Å². The number of aryl methyl sites for hydroxylation is 1. The van der Waals surface area contributed by atoms with E-state index in [4.69, 9.17) is 0 Å². The second-order valence-electron chi connectivity index (χ2n) is 5.50. The Kier molecular flexibility index (Phi) is 4.72. The zero-order chi connectivity index (χ0) is 15.4. The zero-order valence-electron chi connectivity index (χ0n) is 12.5. The summed E-state index contributed by atoms with van der Waals surface area (Å²) in [6.45, 7) is 0. The number of rotatable bonds is 4. The molecule has 6 nitrogen and oxygen atoms in total. The Morgan fingerprint density at radius 2 is 2.00 bits per heavy atom. The van der Waals surface area contributed by atoms with E-state index in [1.54, 1.807) is 41.2 Å². The summed E-state index contributed by atoms with van der Waals surface area (Å²) in [4.78, 5) is 20.6. The maximum absolute atomic E-state index is 12.1. The molecule has 0 atom stereocenters. The number of carbonyl (C=O) groups is 1. The lowest BCUT2D eigenvalue weighted by molar-refractivity contribution is 0.0928. The Balaban J connectivity index is 1.46. The molecular weight excluding hydrogens is 298 g/mol. The Morgan fingerprint density at radius 3 is 2.64 bits per heavy atom. The minimum Gasteiger partial charge on any atom is -0.349 e. The van der Waals surface area contributed by atoms with Gasteiger partial charge in [0.2, 0.25) is 0 Å². The van der Waals surface area contributed by atoms with Crippen LogP contribution in [0.25, 0.3) is 0 Å². The van der Waals surface area contributed by atoms with Gasteiger partial charge in [-0.25, -0.2) is 9.97 Å². The van der Waals surface area contributed by atoms with Gasteiger partial charge < -0.3 is 5.32 Å². The average molecular weight is 317 g/mol. The molecule has 2 aromatic rings. The minimum atomic E-state index is -0.0319. The van der Waals surface area contributed by atoms with E-state index in [1.807, 2.05) is 13.1 Å². The summed E-state index contributed by atoms with van der Waals surface area (Å²) in [6, 6.07) is 2.08. The molecule has 0 bridgehead atoms. The van der Waals surface area contributed by atoms with E-state index in [0.717, 1.165) is 30.8 Å². The third-order valence-electron chi connectivity index (χ3n) is 3.79. The molecule has 1 amide bonds. The molecule has 0 unspecified atom stereocenters. The fourth-order valence-corrected chi connectivity index (χ4v) is 3.68. The van der Waals surface area contributed by atoms with Crippen LogP contribution in [0.2, 0.25) is 0 Å². The van der Waals surface area contributed by atoms with Gasteiger partial charge in [0, 0.05) is 36.9 Å². The minimum absolute atomic E-state index is 0.0319. The molecule has 1 N–H and O–H groups in total. The number of amides is 1. The molecule has 3 rings (SSSR count). The molecule has 7 heteroatoms. The van der Waals surface area contributed by atoms with Crippen molar-refractivity contribution in [3.63, 3.8) is 0 Å². The molecule has 0 saturated heterocycles. The summed E-state index contributed by atoms with van der Waals surface area (Å²) >= 11 is 1.74. The van der Waals surface area contributed by atoms with Crippen LogP contribution in [-0.2, 0) is 7.05 Å². The van der Waals surface area contributed by atoms with Crippen LogP contribution < -0.4 is 5.32 Å². The van der Waals surface area contributed by atoms with Crippen molar-refractivity contribution >= 4 is 17.7 Å². The number of nitrogens with one attached hydrogen (secondary N) is 1. The molecule has 116 valence electrons. The van der Waals surface area contributed by atoms with Crippen LogP contribution in [0.15, 0.2) is 36.0 Å². The second kappa shape index (κ2) is 6.91. The SMILES string of the molecule is Cn1cc(C(=O)NC2CCC(Sc3ncccn3)CC2)cn1. The van der Waals surface area contributed by atoms with Crippen molar-refractivity contribution in [1.82, 2.24) is 25.1 Å². The lowest BCUT2D eigenvalue weighted by Gasteiger charge is -2.28. The quantitative estimate of drug-likeness (QED) is 0.874. The lowest BCUT2D eigenvalue weighted by atomic mass is 9.95. The standard InChI is InChI=1S/C15H19N5OS/c1-20-10-11(9-18-20)14(21)19-12-3-5-13(6-4-12)22-15-16-7-2-8-17-15/h2,7-10,12-13H,3-6H2,1H3,(H,19,21). The lowest BCUT2D eigenvalue weighted by Crippen LogP contribution is -2.38. The smallest absolute Gasteiger partial charge is 0.254 e. The summed E-state index contributed by atoms with van der Waals surface area (Å²) in [6.07, 6.45) is 11.0. The van der Waals surface area contributed by atoms with Gasteiger partial charge >= 0.3 is 0 Å². The molecule has 1 aliphatic rings. The fraction of sp³-hybridized carbons (Fsp3) is 0.467. The van der Waals surface area contributed by atoms with Gasteiger partial charge in [-0.3, -0.25) is 9.48 Å². The van der Waals surface area contributed by atoms with Crippen molar-refractivity contribution in [3.8, 4) is 0 Å². The van der Waals surface area contributed by atoms with Crippen LogP contribution in [-0.4, -0.2) is 36.9 Å². The molecule has 0 radical (unpaired) electrons. The van der Waals surface area contributed by atoms with Gasteiger partial charge in [0.25, 0.3) is 5.91 Å². The summed E-state index contributed by atoms with van der Waals surface area (Å²) in [5.74, 6) is -0.0319. The predicted molar refractivity (Wildman–Crippen MR) is 84.6 cm³/mol. The topological polar surface area (TPSA) is 72.7 Å². The molecular formula is C15H19N5OS. The normalized spacial score (nSPS) is 21.5. The first-order chi connectivity index (χ1) is 10.7. The fourth-order valence-electron chi connectivity index (χ4n) is 2.63. The summed E-state index contributed by atoms with van der Waals surface area (Å²) in [7, 11) is 1.81. The van der Waals surface area contributed by atoms with Crippen molar-refractivity contribution in [2.75, 3.05) is 0 Å². The third-order valence-corrected chi connectivity index (χ3v) is 5.02. The van der Waals surface area contributed by atoms with Gasteiger partial charge in [-0.2, -0.15) is 5.10 Å². The van der Waals surface area contributed by atoms with Crippen LogP contribution in [0.5, 0.6) is 0 Å². The second-order valence-corrected chi connectivity index (χ2v) is 6.77. The van der Waals surface area contributed by atoms with Crippen molar-refractivity contribution in [1.29, 1.82) is 0 Å². The highest BCUT2D eigenvalue weighted by atomic mass is 32.2. The van der Waals surface area contributed by atoms with E-state index in [2.05, 4.69) is 20.4 Å². The average Bonchev–Trinajstić information content (AvgIpc) is 2.97. The van der Waals surface area contributed by atoms with Gasteiger partial charge in [0.15, 0.2) is 5.16 Å². The number of carbonyl (C=O) groups excluding carboxylic acids is 1. The molecule has 0 aromatic carbocycles. The highest BCUT2D eigenvalue weighted by molar-refractivity contribution is 7.99. The monoisotopic (exact) mass is 317 g/mol. The summed E-state index contributed by atoms with van der Waals surface area (Å²) < 4.78 is 1.64.